The number of ether oxygens (including phenoxy) is 1. The summed E-state index contributed by atoms with van der Waals surface area (Å²) in [6, 6.07) is 12.6. The predicted octanol–water partition coefficient (Wildman–Crippen LogP) is 2.10. The van der Waals surface area contributed by atoms with Gasteiger partial charge in [0, 0.05) is 0 Å². The molecule has 2 N–H and O–H groups in total. The largest absolute Gasteiger partial charge is 0.489 e. The molecule has 0 spiro atoms. The van der Waals surface area contributed by atoms with Crippen molar-refractivity contribution in [3.63, 3.8) is 0 Å². The fourth-order valence-electron chi connectivity index (χ4n) is 2.01. The summed E-state index contributed by atoms with van der Waals surface area (Å²) < 4.78 is 5.71. The molecule has 17 heavy (non-hydrogen) atoms. The third kappa shape index (κ3) is 2.48. The highest BCUT2D eigenvalue weighted by Crippen LogP contribution is 2.27. The Morgan fingerprint density at radius 1 is 1.24 bits per heavy atom. The van der Waals surface area contributed by atoms with Crippen molar-refractivity contribution in [1.29, 1.82) is 0 Å². The van der Waals surface area contributed by atoms with Crippen molar-refractivity contribution in [2.45, 2.75) is 6.54 Å². The van der Waals surface area contributed by atoms with Gasteiger partial charge < -0.3 is 10.1 Å². The SMILES string of the molecule is C=CCOc1ccc2ccccc2c1C[NH2+]C. The molecule has 88 valence electrons. The molecule has 0 aliphatic carbocycles. The minimum Gasteiger partial charge on any atom is -0.489 e. The highest BCUT2D eigenvalue weighted by Gasteiger charge is 2.09. The van der Waals surface area contributed by atoms with Crippen molar-refractivity contribution in [1.82, 2.24) is 0 Å². The van der Waals surface area contributed by atoms with Crippen molar-refractivity contribution in [2.24, 2.45) is 0 Å². The quantitative estimate of drug-likeness (QED) is 0.779. The van der Waals surface area contributed by atoms with Gasteiger partial charge in [-0.25, -0.2) is 0 Å². The van der Waals surface area contributed by atoms with Crippen molar-refractivity contribution in [2.75, 3.05) is 13.7 Å². The van der Waals surface area contributed by atoms with Gasteiger partial charge in [0.05, 0.1) is 12.6 Å². The number of hydrogen-bond donors (Lipinski definition) is 1. The van der Waals surface area contributed by atoms with Crippen LogP contribution in [0, 0.1) is 0 Å². The summed E-state index contributed by atoms with van der Waals surface area (Å²) in [6.45, 7) is 5.16. The topological polar surface area (TPSA) is 25.8 Å². The van der Waals surface area contributed by atoms with Crippen molar-refractivity contribution >= 4 is 10.8 Å². The van der Waals surface area contributed by atoms with Gasteiger partial charge in [0.2, 0.25) is 0 Å². The van der Waals surface area contributed by atoms with Crippen LogP contribution in [-0.4, -0.2) is 13.7 Å². The van der Waals surface area contributed by atoms with E-state index in [1.54, 1.807) is 6.08 Å². The molecule has 0 heterocycles. The standard InChI is InChI=1S/C15H17NO/c1-3-10-17-15-9-8-12-6-4-5-7-13(12)14(15)11-16-2/h3-9,16H,1,10-11H2,2H3/p+1. The van der Waals surface area contributed by atoms with Gasteiger partial charge in [-0.15, -0.1) is 0 Å². The Morgan fingerprint density at radius 3 is 2.82 bits per heavy atom. The van der Waals surface area contributed by atoms with Crippen molar-refractivity contribution < 1.29 is 10.1 Å². The smallest absolute Gasteiger partial charge is 0.129 e. The van der Waals surface area contributed by atoms with Crippen LogP contribution in [-0.2, 0) is 6.54 Å². The lowest BCUT2D eigenvalue weighted by atomic mass is 10.0. The minimum atomic E-state index is 0.551. The molecule has 0 amide bonds. The van der Waals surface area contributed by atoms with Crippen LogP contribution in [0.2, 0.25) is 0 Å². The second-order valence-corrected chi connectivity index (χ2v) is 3.98. The van der Waals surface area contributed by atoms with Crippen LogP contribution in [0.3, 0.4) is 0 Å². The molecule has 2 aromatic carbocycles. The van der Waals surface area contributed by atoms with E-state index < -0.39 is 0 Å². The summed E-state index contributed by atoms with van der Waals surface area (Å²) in [5.74, 6) is 0.960. The Bertz CT molecular complexity index is 519. The average Bonchev–Trinajstić information content (AvgIpc) is 2.38. The third-order valence-corrected chi connectivity index (χ3v) is 2.76. The van der Waals surface area contributed by atoms with Crippen molar-refractivity contribution in [3.05, 3.63) is 54.6 Å². The first-order chi connectivity index (χ1) is 8.36. The molecule has 2 nitrogen and oxygen atoms in total. The first kappa shape index (κ1) is 11.7. The molecule has 0 atom stereocenters. The maximum atomic E-state index is 5.71. The molecule has 0 aliphatic heterocycles. The summed E-state index contributed by atoms with van der Waals surface area (Å²) in [5.41, 5.74) is 1.26. The zero-order valence-corrected chi connectivity index (χ0v) is 10.1. The molecule has 0 bridgehead atoms. The van der Waals surface area contributed by atoms with Gasteiger partial charge in [-0.3, -0.25) is 0 Å². The maximum Gasteiger partial charge on any atom is 0.129 e. The van der Waals surface area contributed by atoms with Gasteiger partial charge in [-0.2, -0.15) is 0 Å². The summed E-state index contributed by atoms with van der Waals surface area (Å²) in [5, 5.41) is 4.69. The number of fused-ring (bicyclic) bond motifs is 1. The van der Waals surface area contributed by atoms with Crippen LogP contribution < -0.4 is 10.1 Å². The van der Waals surface area contributed by atoms with Gasteiger partial charge >= 0.3 is 0 Å². The molecular weight excluding hydrogens is 210 g/mol. The highest BCUT2D eigenvalue weighted by atomic mass is 16.5. The monoisotopic (exact) mass is 228 g/mol. The molecule has 0 saturated carbocycles. The Kier molecular flexibility index (Phi) is 3.78. The molecule has 2 heteroatoms. The number of nitrogens with two attached hydrogens (primary N) is 1. The van der Waals surface area contributed by atoms with Crippen LogP contribution in [0.1, 0.15) is 5.56 Å². The Labute approximate surface area is 102 Å². The van der Waals surface area contributed by atoms with E-state index in [1.807, 2.05) is 6.07 Å². The van der Waals surface area contributed by atoms with Crippen molar-refractivity contribution in [3.8, 4) is 5.75 Å². The number of quaternary nitrogens is 1. The molecule has 2 rings (SSSR count). The lowest BCUT2D eigenvalue weighted by Gasteiger charge is -2.11. The predicted molar refractivity (Wildman–Crippen MR) is 71.2 cm³/mol. The van der Waals surface area contributed by atoms with Gasteiger partial charge in [-0.05, 0) is 16.8 Å². The van der Waals surface area contributed by atoms with Crippen LogP contribution in [0.15, 0.2) is 49.1 Å². The highest BCUT2D eigenvalue weighted by molar-refractivity contribution is 5.87. The zero-order valence-electron chi connectivity index (χ0n) is 10.1. The second kappa shape index (κ2) is 5.51. The summed E-state index contributed by atoms with van der Waals surface area (Å²) in [7, 11) is 2.07. The Hall–Kier alpha value is -1.80. The Morgan fingerprint density at radius 2 is 2.06 bits per heavy atom. The zero-order chi connectivity index (χ0) is 12.1. The van der Waals surface area contributed by atoms with Crippen LogP contribution >= 0.6 is 0 Å². The van der Waals surface area contributed by atoms with E-state index in [-0.39, 0.29) is 0 Å². The molecule has 0 aliphatic rings. The molecule has 0 saturated heterocycles. The van der Waals surface area contributed by atoms with Gasteiger partial charge in [0.1, 0.15) is 18.9 Å². The summed E-state index contributed by atoms with van der Waals surface area (Å²) in [6.07, 6.45) is 1.77. The van der Waals surface area contributed by atoms with Crippen LogP contribution in [0.5, 0.6) is 5.75 Å². The second-order valence-electron chi connectivity index (χ2n) is 3.98. The molecule has 0 fully saturated rings. The summed E-state index contributed by atoms with van der Waals surface area (Å²) in [4.78, 5) is 0. The van der Waals surface area contributed by atoms with Crippen LogP contribution in [0.4, 0.5) is 0 Å². The van der Waals surface area contributed by atoms with E-state index in [1.165, 1.54) is 16.3 Å². The normalized spacial score (nSPS) is 10.4. The molecule has 0 aromatic heterocycles. The fourth-order valence-corrected chi connectivity index (χ4v) is 2.01. The van der Waals surface area contributed by atoms with Gasteiger partial charge in [-0.1, -0.05) is 43.0 Å². The summed E-state index contributed by atoms with van der Waals surface area (Å²) >= 11 is 0. The molecule has 0 radical (unpaired) electrons. The van der Waals surface area contributed by atoms with E-state index in [0.717, 1.165) is 12.3 Å². The number of rotatable bonds is 5. The maximum absolute atomic E-state index is 5.71. The lowest BCUT2D eigenvalue weighted by molar-refractivity contribution is -0.643. The Balaban J connectivity index is 2.51. The fraction of sp³-hybridized carbons (Fsp3) is 0.200. The van der Waals surface area contributed by atoms with E-state index in [2.05, 4.69) is 49.3 Å². The van der Waals surface area contributed by atoms with E-state index >= 15 is 0 Å². The first-order valence-electron chi connectivity index (χ1n) is 5.89. The van der Waals surface area contributed by atoms with E-state index in [9.17, 15) is 0 Å². The third-order valence-electron chi connectivity index (χ3n) is 2.76. The van der Waals surface area contributed by atoms with Gasteiger partial charge in [0.25, 0.3) is 0 Å². The molecule has 0 unspecified atom stereocenters. The van der Waals surface area contributed by atoms with Crippen LogP contribution in [0.25, 0.3) is 10.8 Å². The molecular formula is C15H18NO+. The molecule has 2 aromatic rings. The number of hydrogen-bond acceptors (Lipinski definition) is 1. The average molecular weight is 228 g/mol. The first-order valence-corrected chi connectivity index (χ1v) is 5.89. The lowest BCUT2D eigenvalue weighted by Crippen LogP contribution is -2.77. The van der Waals surface area contributed by atoms with E-state index in [0.29, 0.717) is 6.61 Å². The van der Waals surface area contributed by atoms with Gasteiger partial charge in [0.15, 0.2) is 0 Å². The minimum absolute atomic E-state index is 0.551. The van der Waals surface area contributed by atoms with E-state index in [4.69, 9.17) is 4.74 Å². The number of benzene rings is 2.